The molecule has 0 bridgehead atoms. The second kappa shape index (κ2) is 7.72. The van der Waals surface area contributed by atoms with E-state index in [2.05, 4.69) is 43.1 Å². The van der Waals surface area contributed by atoms with Gasteiger partial charge in [-0.25, -0.2) is 0 Å². The Bertz CT molecular complexity index is 874. The summed E-state index contributed by atoms with van der Waals surface area (Å²) >= 11 is 3.42. The molecule has 3 heterocycles. The van der Waals surface area contributed by atoms with Crippen LogP contribution in [0.1, 0.15) is 40.6 Å². The van der Waals surface area contributed by atoms with Crippen molar-refractivity contribution in [2.45, 2.75) is 39.4 Å². The van der Waals surface area contributed by atoms with Gasteiger partial charge in [0.25, 0.3) is 5.91 Å². The number of carbonyl (C=O) groups is 1. The van der Waals surface area contributed by atoms with Gasteiger partial charge in [0.05, 0.1) is 4.91 Å². The first-order valence-corrected chi connectivity index (χ1v) is 11.4. The van der Waals surface area contributed by atoms with Crippen molar-refractivity contribution in [1.82, 2.24) is 0 Å². The highest BCUT2D eigenvalue weighted by Crippen LogP contribution is 2.39. The molecule has 2 aliphatic rings. The number of amides is 1. The summed E-state index contributed by atoms with van der Waals surface area (Å²) in [6.45, 7) is 8.91. The molecule has 2 aromatic rings. The lowest BCUT2D eigenvalue weighted by Gasteiger charge is -2.32. The smallest absolute Gasteiger partial charge is 0.262 e. The topological polar surface area (TPSA) is 32.3 Å². The van der Waals surface area contributed by atoms with Gasteiger partial charge in [-0.15, -0.1) is 23.1 Å². The highest BCUT2D eigenvalue weighted by atomic mass is 32.2. The molecule has 0 aliphatic carbocycles. The zero-order chi connectivity index (χ0) is 19.0. The molecule has 4 rings (SSSR count). The number of piperidine rings is 1. The number of carbonyl (C=O) groups excluding carboxylic acids is 1. The third kappa shape index (κ3) is 3.94. The SMILES string of the molecule is Cc1sc2c(c1C)CSC(C(=O)Nc1ccc(N3CCC(C)CC3)cc1)=C2. The van der Waals surface area contributed by atoms with E-state index >= 15 is 0 Å². The van der Waals surface area contributed by atoms with Gasteiger partial charge in [-0.05, 0) is 74.1 Å². The van der Waals surface area contributed by atoms with Gasteiger partial charge >= 0.3 is 0 Å². The number of anilines is 2. The lowest BCUT2D eigenvalue weighted by atomic mass is 9.99. The Morgan fingerprint density at radius 2 is 1.85 bits per heavy atom. The highest BCUT2D eigenvalue weighted by molar-refractivity contribution is 8.03. The Morgan fingerprint density at radius 1 is 1.15 bits per heavy atom. The molecule has 1 saturated heterocycles. The first-order valence-electron chi connectivity index (χ1n) is 9.61. The van der Waals surface area contributed by atoms with E-state index in [1.165, 1.54) is 39.4 Å². The maximum Gasteiger partial charge on any atom is 0.262 e. The molecule has 0 atom stereocenters. The summed E-state index contributed by atoms with van der Waals surface area (Å²) in [5.74, 6) is 1.71. The molecule has 2 aliphatic heterocycles. The summed E-state index contributed by atoms with van der Waals surface area (Å²) in [5, 5.41) is 3.06. The maximum absolute atomic E-state index is 12.7. The van der Waals surface area contributed by atoms with Crippen LogP contribution >= 0.6 is 23.1 Å². The number of thiophene rings is 1. The summed E-state index contributed by atoms with van der Waals surface area (Å²) in [4.78, 5) is 18.5. The monoisotopic (exact) mass is 398 g/mol. The van der Waals surface area contributed by atoms with Crippen LogP contribution in [-0.2, 0) is 10.5 Å². The van der Waals surface area contributed by atoms with E-state index in [1.54, 1.807) is 23.1 Å². The number of benzene rings is 1. The van der Waals surface area contributed by atoms with E-state index in [9.17, 15) is 4.79 Å². The molecular weight excluding hydrogens is 372 g/mol. The quantitative estimate of drug-likeness (QED) is 0.706. The Hall–Kier alpha value is -1.72. The number of hydrogen-bond donors (Lipinski definition) is 1. The summed E-state index contributed by atoms with van der Waals surface area (Å²) in [5.41, 5.74) is 4.88. The molecule has 1 aromatic carbocycles. The third-order valence-corrected chi connectivity index (χ3v) is 7.92. The van der Waals surface area contributed by atoms with Gasteiger partial charge in [-0.1, -0.05) is 6.92 Å². The molecule has 27 heavy (non-hydrogen) atoms. The van der Waals surface area contributed by atoms with E-state index in [-0.39, 0.29) is 5.91 Å². The second-order valence-electron chi connectivity index (χ2n) is 7.59. The number of nitrogens with one attached hydrogen (secondary N) is 1. The van der Waals surface area contributed by atoms with E-state index in [0.29, 0.717) is 0 Å². The molecule has 1 N–H and O–H groups in total. The van der Waals surface area contributed by atoms with Crippen molar-refractivity contribution in [3.05, 3.63) is 50.1 Å². The van der Waals surface area contributed by atoms with Crippen LogP contribution in [0.5, 0.6) is 0 Å². The number of thioether (sulfide) groups is 1. The average Bonchev–Trinajstić information content (AvgIpc) is 2.96. The van der Waals surface area contributed by atoms with Crippen LogP contribution in [0.15, 0.2) is 29.2 Å². The molecule has 142 valence electrons. The summed E-state index contributed by atoms with van der Waals surface area (Å²) in [6, 6.07) is 8.28. The molecule has 0 spiro atoms. The van der Waals surface area contributed by atoms with Crippen LogP contribution in [0, 0.1) is 19.8 Å². The van der Waals surface area contributed by atoms with E-state index in [1.807, 2.05) is 18.2 Å². The average molecular weight is 399 g/mol. The molecule has 1 fully saturated rings. The van der Waals surface area contributed by atoms with Gasteiger partial charge in [0.1, 0.15) is 0 Å². The van der Waals surface area contributed by atoms with Gasteiger partial charge in [-0.3, -0.25) is 4.79 Å². The van der Waals surface area contributed by atoms with Gasteiger partial charge in [0.2, 0.25) is 0 Å². The standard InChI is InChI=1S/C22H26N2OS2/c1-14-8-10-24(11-9-14)18-6-4-17(5-7-18)23-22(25)21-12-20-19(13-26-21)15(2)16(3)27-20/h4-7,12,14H,8-11,13H2,1-3H3,(H,23,25). The fourth-order valence-electron chi connectivity index (χ4n) is 3.65. The number of rotatable bonds is 3. The summed E-state index contributed by atoms with van der Waals surface area (Å²) < 4.78 is 0. The third-order valence-electron chi connectivity index (χ3n) is 5.67. The molecule has 1 amide bonds. The van der Waals surface area contributed by atoms with Gasteiger partial charge in [0, 0.05) is 40.0 Å². The Labute approximate surface area is 169 Å². The van der Waals surface area contributed by atoms with Gasteiger partial charge < -0.3 is 10.2 Å². The normalized spacial score (nSPS) is 17.4. The summed E-state index contributed by atoms with van der Waals surface area (Å²) in [6.07, 6.45) is 4.56. The minimum atomic E-state index is -0.00564. The molecule has 1 aromatic heterocycles. The molecule has 0 radical (unpaired) electrons. The molecule has 0 saturated carbocycles. The summed E-state index contributed by atoms with van der Waals surface area (Å²) in [7, 11) is 0. The van der Waals surface area contributed by atoms with Crippen LogP contribution in [-0.4, -0.2) is 19.0 Å². The number of aryl methyl sites for hydroxylation is 1. The zero-order valence-electron chi connectivity index (χ0n) is 16.2. The lowest BCUT2D eigenvalue weighted by Crippen LogP contribution is -2.32. The lowest BCUT2D eigenvalue weighted by molar-refractivity contribution is -0.112. The molecule has 0 unspecified atom stereocenters. The van der Waals surface area contributed by atoms with Crippen molar-refractivity contribution in [2.24, 2.45) is 5.92 Å². The molecular formula is C22H26N2OS2. The van der Waals surface area contributed by atoms with Gasteiger partial charge in [0.15, 0.2) is 0 Å². The Balaban J connectivity index is 1.42. The highest BCUT2D eigenvalue weighted by Gasteiger charge is 2.21. The second-order valence-corrected chi connectivity index (χ2v) is 9.87. The van der Waals surface area contributed by atoms with Crippen LogP contribution in [0.2, 0.25) is 0 Å². The number of nitrogens with zero attached hydrogens (tertiary/aromatic N) is 1. The Morgan fingerprint density at radius 3 is 2.56 bits per heavy atom. The molecule has 3 nitrogen and oxygen atoms in total. The van der Waals surface area contributed by atoms with Crippen molar-refractivity contribution in [2.75, 3.05) is 23.3 Å². The van der Waals surface area contributed by atoms with E-state index in [0.717, 1.165) is 35.4 Å². The largest absolute Gasteiger partial charge is 0.372 e. The first-order chi connectivity index (χ1) is 13.0. The molecule has 5 heteroatoms. The number of fused-ring (bicyclic) bond motifs is 1. The minimum Gasteiger partial charge on any atom is -0.372 e. The van der Waals surface area contributed by atoms with Gasteiger partial charge in [-0.2, -0.15) is 0 Å². The maximum atomic E-state index is 12.7. The predicted molar refractivity (Wildman–Crippen MR) is 119 cm³/mol. The predicted octanol–water partition coefficient (Wildman–Crippen LogP) is 5.83. The van der Waals surface area contributed by atoms with E-state index in [4.69, 9.17) is 0 Å². The number of hydrogen-bond acceptors (Lipinski definition) is 4. The van der Waals surface area contributed by atoms with Crippen LogP contribution in [0.3, 0.4) is 0 Å². The van der Waals surface area contributed by atoms with Crippen molar-refractivity contribution in [1.29, 1.82) is 0 Å². The fraction of sp³-hybridized carbons (Fsp3) is 0.409. The van der Waals surface area contributed by atoms with Crippen LogP contribution in [0.4, 0.5) is 11.4 Å². The fourth-order valence-corrected chi connectivity index (χ4v) is 6.01. The van der Waals surface area contributed by atoms with Crippen molar-refractivity contribution >= 4 is 46.5 Å². The van der Waals surface area contributed by atoms with Crippen LogP contribution < -0.4 is 10.2 Å². The first kappa shape index (κ1) is 18.6. The zero-order valence-corrected chi connectivity index (χ0v) is 17.8. The van der Waals surface area contributed by atoms with E-state index < -0.39 is 0 Å². The van der Waals surface area contributed by atoms with Crippen molar-refractivity contribution < 1.29 is 4.79 Å². The van der Waals surface area contributed by atoms with Crippen LogP contribution in [0.25, 0.3) is 6.08 Å². The van der Waals surface area contributed by atoms with Crippen molar-refractivity contribution in [3.63, 3.8) is 0 Å². The Kier molecular flexibility index (Phi) is 5.33. The van der Waals surface area contributed by atoms with Crippen molar-refractivity contribution in [3.8, 4) is 0 Å². The minimum absolute atomic E-state index is 0.00564.